The van der Waals surface area contributed by atoms with Gasteiger partial charge in [-0.3, -0.25) is 0 Å². The monoisotopic (exact) mass is 192 g/mol. The van der Waals surface area contributed by atoms with E-state index in [4.69, 9.17) is 9.47 Å². The fraction of sp³-hybridized carbons (Fsp3) is 0.364. The van der Waals surface area contributed by atoms with Crippen LogP contribution in [0.3, 0.4) is 0 Å². The van der Waals surface area contributed by atoms with Crippen molar-refractivity contribution in [2.75, 3.05) is 13.2 Å². The Bertz CT molecular complexity index is 328. The Labute approximate surface area is 82.6 Å². The molecule has 0 aromatic heterocycles. The molecule has 0 unspecified atom stereocenters. The highest BCUT2D eigenvalue weighted by Gasteiger charge is 2.55. The zero-order valence-electron chi connectivity index (χ0n) is 8.03. The van der Waals surface area contributed by atoms with Gasteiger partial charge in [-0.1, -0.05) is 30.3 Å². The van der Waals surface area contributed by atoms with E-state index in [-0.39, 0.29) is 5.97 Å². The highest BCUT2D eigenvalue weighted by molar-refractivity contribution is 5.84. The summed E-state index contributed by atoms with van der Waals surface area (Å²) in [5.41, 5.74) is 0.0653. The summed E-state index contributed by atoms with van der Waals surface area (Å²) in [5.74, 6) is -0.286. The third kappa shape index (κ3) is 1.40. The van der Waals surface area contributed by atoms with Gasteiger partial charge in [0, 0.05) is 0 Å². The molecular weight excluding hydrogens is 180 g/mol. The number of hydrogen-bond acceptors (Lipinski definition) is 3. The fourth-order valence-electron chi connectivity index (χ4n) is 1.43. The third-order valence-corrected chi connectivity index (χ3v) is 2.28. The highest BCUT2D eigenvalue weighted by Crippen LogP contribution is 2.39. The van der Waals surface area contributed by atoms with Gasteiger partial charge in [0.25, 0.3) is 0 Å². The Balaban J connectivity index is 2.21. The number of ether oxygens (including phenoxy) is 2. The Morgan fingerprint density at radius 1 is 1.50 bits per heavy atom. The molecule has 1 aromatic rings. The van der Waals surface area contributed by atoms with Crippen LogP contribution in [0.1, 0.15) is 12.5 Å². The standard InChI is InChI=1S/C11H12O3/c1-2-13-10(12)11(8-14-11)9-6-4-3-5-7-9/h3-7H,2,8H2,1H3/t11-/m0/s1. The minimum Gasteiger partial charge on any atom is -0.464 e. The van der Waals surface area contributed by atoms with E-state index in [1.165, 1.54) is 0 Å². The SMILES string of the molecule is CCOC(=O)[C@@]1(c2ccccc2)CO1. The average molecular weight is 192 g/mol. The lowest BCUT2D eigenvalue weighted by molar-refractivity contribution is -0.149. The number of benzene rings is 1. The average Bonchev–Trinajstić information content (AvgIpc) is 3.00. The molecule has 0 spiro atoms. The van der Waals surface area contributed by atoms with Crippen molar-refractivity contribution in [1.29, 1.82) is 0 Å². The maximum Gasteiger partial charge on any atom is 0.345 e. The van der Waals surface area contributed by atoms with E-state index in [2.05, 4.69) is 0 Å². The molecule has 0 bridgehead atoms. The predicted octanol–water partition coefficient (Wildman–Crippen LogP) is 1.48. The van der Waals surface area contributed by atoms with Crippen LogP contribution in [-0.4, -0.2) is 19.2 Å². The van der Waals surface area contributed by atoms with Gasteiger partial charge in [0.15, 0.2) is 0 Å². The largest absolute Gasteiger partial charge is 0.464 e. The summed E-state index contributed by atoms with van der Waals surface area (Å²) in [4.78, 5) is 11.6. The van der Waals surface area contributed by atoms with Crippen LogP contribution in [0.15, 0.2) is 30.3 Å². The van der Waals surface area contributed by atoms with E-state index < -0.39 is 5.60 Å². The first kappa shape index (κ1) is 9.21. The Hall–Kier alpha value is -1.35. The van der Waals surface area contributed by atoms with Crippen molar-refractivity contribution in [3.63, 3.8) is 0 Å². The number of carbonyl (C=O) groups is 1. The van der Waals surface area contributed by atoms with Crippen LogP contribution in [0.5, 0.6) is 0 Å². The highest BCUT2D eigenvalue weighted by atomic mass is 16.6. The molecule has 1 heterocycles. The normalized spacial score (nSPS) is 24.4. The van der Waals surface area contributed by atoms with Crippen molar-refractivity contribution in [3.05, 3.63) is 35.9 Å². The molecule has 1 aromatic carbocycles. The molecule has 1 aliphatic heterocycles. The smallest absolute Gasteiger partial charge is 0.345 e. The number of rotatable bonds is 3. The van der Waals surface area contributed by atoms with Crippen LogP contribution < -0.4 is 0 Å². The molecule has 1 fully saturated rings. The Kier molecular flexibility index (Phi) is 2.25. The van der Waals surface area contributed by atoms with Crippen LogP contribution >= 0.6 is 0 Å². The quantitative estimate of drug-likeness (QED) is 0.537. The number of epoxide rings is 1. The van der Waals surface area contributed by atoms with E-state index >= 15 is 0 Å². The lowest BCUT2D eigenvalue weighted by atomic mass is 10.0. The van der Waals surface area contributed by atoms with Crippen LogP contribution in [0.25, 0.3) is 0 Å². The van der Waals surface area contributed by atoms with Gasteiger partial charge in [0.05, 0.1) is 13.2 Å². The second-order valence-electron chi connectivity index (χ2n) is 3.20. The van der Waals surface area contributed by atoms with Crippen LogP contribution in [0.2, 0.25) is 0 Å². The molecule has 0 radical (unpaired) electrons. The zero-order chi connectivity index (χ0) is 10.0. The summed E-state index contributed by atoms with van der Waals surface area (Å²) in [6.45, 7) is 2.60. The van der Waals surface area contributed by atoms with Gasteiger partial charge >= 0.3 is 5.97 Å². The topological polar surface area (TPSA) is 38.8 Å². The van der Waals surface area contributed by atoms with Crippen LogP contribution in [-0.2, 0) is 19.9 Å². The molecule has 1 atom stereocenters. The molecule has 74 valence electrons. The zero-order valence-corrected chi connectivity index (χ0v) is 8.03. The van der Waals surface area contributed by atoms with Gasteiger partial charge in [-0.2, -0.15) is 0 Å². The first-order chi connectivity index (χ1) is 6.79. The minimum atomic E-state index is -0.808. The molecule has 1 aliphatic rings. The van der Waals surface area contributed by atoms with Gasteiger partial charge in [-0.25, -0.2) is 4.79 Å². The second-order valence-corrected chi connectivity index (χ2v) is 3.20. The van der Waals surface area contributed by atoms with Gasteiger partial charge in [-0.15, -0.1) is 0 Å². The van der Waals surface area contributed by atoms with Crippen LogP contribution in [0, 0.1) is 0 Å². The number of esters is 1. The van der Waals surface area contributed by atoms with E-state index in [9.17, 15) is 4.79 Å². The summed E-state index contributed by atoms with van der Waals surface area (Å²) in [7, 11) is 0. The van der Waals surface area contributed by atoms with E-state index in [1.807, 2.05) is 30.3 Å². The molecule has 0 N–H and O–H groups in total. The van der Waals surface area contributed by atoms with Gasteiger partial charge in [0.1, 0.15) is 0 Å². The number of hydrogen-bond donors (Lipinski definition) is 0. The molecular formula is C11H12O3. The van der Waals surface area contributed by atoms with Gasteiger partial charge in [-0.05, 0) is 12.5 Å². The molecule has 2 rings (SSSR count). The van der Waals surface area contributed by atoms with Crippen molar-refractivity contribution in [1.82, 2.24) is 0 Å². The maximum absolute atomic E-state index is 11.6. The van der Waals surface area contributed by atoms with Crippen molar-refractivity contribution in [2.24, 2.45) is 0 Å². The molecule has 0 aliphatic carbocycles. The van der Waals surface area contributed by atoms with Crippen LogP contribution in [0.4, 0.5) is 0 Å². The lowest BCUT2D eigenvalue weighted by Gasteiger charge is -2.10. The van der Waals surface area contributed by atoms with Gasteiger partial charge in [0.2, 0.25) is 5.60 Å². The Morgan fingerprint density at radius 3 is 2.64 bits per heavy atom. The molecule has 0 amide bonds. The molecule has 14 heavy (non-hydrogen) atoms. The number of carbonyl (C=O) groups excluding carboxylic acids is 1. The maximum atomic E-state index is 11.6. The summed E-state index contributed by atoms with van der Waals surface area (Å²) in [6, 6.07) is 9.44. The second kappa shape index (κ2) is 3.42. The fourth-order valence-corrected chi connectivity index (χ4v) is 1.43. The van der Waals surface area contributed by atoms with Crippen molar-refractivity contribution in [3.8, 4) is 0 Å². The molecule has 1 saturated heterocycles. The summed E-state index contributed by atoms with van der Waals surface area (Å²) < 4.78 is 10.2. The first-order valence-corrected chi connectivity index (χ1v) is 4.66. The molecule has 3 heteroatoms. The Morgan fingerprint density at radius 2 is 2.14 bits per heavy atom. The van der Waals surface area contributed by atoms with Crippen molar-refractivity contribution in [2.45, 2.75) is 12.5 Å². The lowest BCUT2D eigenvalue weighted by Crippen LogP contribution is -2.24. The molecule has 0 saturated carbocycles. The summed E-state index contributed by atoms with van der Waals surface area (Å²) >= 11 is 0. The van der Waals surface area contributed by atoms with E-state index in [1.54, 1.807) is 6.92 Å². The third-order valence-electron chi connectivity index (χ3n) is 2.28. The summed E-state index contributed by atoms with van der Waals surface area (Å²) in [5, 5.41) is 0. The van der Waals surface area contributed by atoms with E-state index in [0.717, 1.165) is 5.56 Å². The van der Waals surface area contributed by atoms with Crippen molar-refractivity contribution >= 4 is 5.97 Å². The molecule has 3 nitrogen and oxygen atoms in total. The van der Waals surface area contributed by atoms with Gasteiger partial charge < -0.3 is 9.47 Å². The van der Waals surface area contributed by atoms with Crippen molar-refractivity contribution < 1.29 is 14.3 Å². The first-order valence-electron chi connectivity index (χ1n) is 4.66. The predicted molar refractivity (Wildman–Crippen MR) is 50.7 cm³/mol. The summed E-state index contributed by atoms with van der Waals surface area (Å²) in [6.07, 6.45) is 0. The minimum absolute atomic E-state index is 0.286. The van der Waals surface area contributed by atoms with E-state index in [0.29, 0.717) is 13.2 Å².